The number of hydrogen-bond acceptors (Lipinski definition) is 4. The van der Waals surface area contributed by atoms with E-state index < -0.39 is 11.5 Å². The number of ketones is 1. The molecule has 0 aromatic rings. The molecule has 0 radical (unpaired) electrons. The molecule has 2 unspecified atom stereocenters. The fraction of sp³-hybridized carbons (Fsp3) is 0.875. The van der Waals surface area contributed by atoms with Gasteiger partial charge in [0.2, 0.25) is 0 Å². The summed E-state index contributed by atoms with van der Waals surface area (Å²) in [7, 11) is 0. The van der Waals surface area contributed by atoms with Gasteiger partial charge in [0, 0.05) is 29.0 Å². The minimum absolute atomic E-state index is 0.0416. The summed E-state index contributed by atoms with van der Waals surface area (Å²) in [6, 6.07) is 2.33. The fourth-order valence-electron chi connectivity index (χ4n) is 11.4. The van der Waals surface area contributed by atoms with Gasteiger partial charge in [0.15, 0.2) is 0 Å². The van der Waals surface area contributed by atoms with Crippen LogP contribution in [0.3, 0.4) is 0 Å². The van der Waals surface area contributed by atoms with Crippen molar-refractivity contribution in [1.82, 2.24) is 0 Å². The van der Waals surface area contributed by atoms with Crippen molar-refractivity contribution in [2.75, 3.05) is 5.88 Å². The molecule has 0 saturated heterocycles. The highest BCUT2D eigenvalue weighted by Gasteiger charge is 2.72. The topological polar surface area (TPSA) is 81.3 Å². The second-order valence-electron chi connectivity index (χ2n) is 15.8. The number of carbonyl (C=O) groups is 1. The van der Waals surface area contributed by atoms with E-state index in [0.29, 0.717) is 24.2 Å². The van der Waals surface area contributed by atoms with Crippen LogP contribution in [0.25, 0.3) is 0 Å². The zero-order valence-electron chi connectivity index (χ0n) is 24.1. The molecule has 0 aromatic carbocycles. The molecule has 5 aliphatic carbocycles. The van der Waals surface area contributed by atoms with E-state index in [1.807, 2.05) is 0 Å². The Labute approximate surface area is 229 Å². The number of rotatable bonds is 2. The zero-order valence-corrected chi connectivity index (χ0v) is 24.8. The lowest BCUT2D eigenvalue weighted by Gasteiger charge is -2.72. The van der Waals surface area contributed by atoms with Crippen molar-refractivity contribution in [2.45, 2.75) is 112 Å². The first-order valence-electron chi connectivity index (χ1n) is 14.6. The summed E-state index contributed by atoms with van der Waals surface area (Å²) in [5, 5.41) is 32.3. The molecule has 206 valence electrons. The number of fused-ring (bicyclic) bond motifs is 7. The molecule has 0 aromatic heterocycles. The predicted octanol–water partition coefficient (Wildman–Crippen LogP) is 7.59. The van der Waals surface area contributed by atoms with E-state index in [4.69, 9.17) is 11.6 Å². The van der Waals surface area contributed by atoms with E-state index in [0.717, 1.165) is 44.9 Å². The van der Waals surface area contributed by atoms with Crippen molar-refractivity contribution in [3.05, 3.63) is 11.3 Å². The normalized spacial score (nSPS) is 49.1. The Morgan fingerprint density at radius 2 is 1.65 bits per heavy atom. The van der Waals surface area contributed by atoms with Gasteiger partial charge in [-0.05, 0) is 90.8 Å². The van der Waals surface area contributed by atoms with Gasteiger partial charge in [-0.2, -0.15) is 5.26 Å². The van der Waals surface area contributed by atoms with Crippen LogP contribution in [0.2, 0.25) is 0 Å². The van der Waals surface area contributed by atoms with Crippen LogP contribution in [0, 0.1) is 67.5 Å². The summed E-state index contributed by atoms with van der Waals surface area (Å²) < 4.78 is 0. The molecular formula is C32H48ClNO3. The van der Waals surface area contributed by atoms with Crippen LogP contribution >= 0.6 is 11.6 Å². The van der Waals surface area contributed by atoms with Gasteiger partial charge in [0.25, 0.3) is 0 Å². The molecule has 4 saturated carbocycles. The second kappa shape index (κ2) is 8.23. The van der Waals surface area contributed by atoms with Crippen LogP contribution in [0.5, 0.6) is 0 Å². The summed E-state index contributed by atoms with van der Waals surface area (Å²) in [6.45, 7) is 16.0. The molecule has 0 bridgehead atoms. The number of aliphatic hydroxyl groups excluding tert-OH is 2. The van der Waals surface area contributed by atoms with Crippen LogP contribution in [-0.4, -0.2) is 28.0 Å². The summed E-state index contributed by atoms with van der Waals surface area (Å²) in [5.74, 6) is 1.36. The van der Waals surface area contributed by atoms with E-state index in [9.17, 15) is 20.3 Å². The Hall–Kier alpha value is -1.05. The maximum Gasteiger partial charge on any atom is 0.137 e. The molecular weight excluding hydrogens is 482 g/mol. The number of nitriles is 1. The van der Waals surface area contributed by atoms with E-state index in [1.165, 1.54) is 0 Å². The third kappa shape index (κ3) is 3.38. The third-order valence-electron chi connectivity index (χ3n) is 13.6. The SMILES string of the molecule is CC1(C)CC[C@]2([C@H](O)CCl)CC[C@]3(C)C(C(=O)C[C@@H]4[C@@]5(C)CC(C#N)=C(O)C(C)(C)[C@@H]5CC[C@]43C)C2C1. The van der Waals surface area contributed by atoms with Crippen molar-refractivity contribution in [3.63, 3.8) is 0 Å². The van der Waals surface area contributed by atoms with E-state index in [2.05, 4.69) is 54.5 Å². The molecule has 0 amide bonds. The molecule has 5 rings (SSSR count). The highest BCUT2D eigenvalue weighted by atomic mass is 35.5. The number of allylic oxidation sites excluding steroid dienone is 2. The molecule has 2 N–H and O–H groups in total. The summed E-state index contributed by atoms with van der Waals surface area (Å²) in [6.07, 6.45) is 7.43. The summed E-state index contributed by atoms with van der Waals surface area (Å²) >= 11 is 6.33. The lowest BCUT2D eigenvalue weighted by molar-refractivity contribution is -0.240. The minimum Gasteiger partial charge on any atom is -0.511 e. The highest BCUT2D eigenvalue weighted by molar-refractivity contribution is 6.18. The van der Waals surface area contributed by atoms with Crippen molar-refractivity contribution < 1.29 is 15.0 Å². The first-order valence-corrected chi connectivity index (χ1v) is 15.2. The van der Waals surface area contributed by atoms with Crippen molar-refractivity contribution in [2.24, 2.45) is 56.2 Å². The smallest absolute Gasteiger partial charge is 0.137 e. The highest BCUT2D eigenvalue weighted by Crippen LogP contribution is 2.76. The van der Waals surface area contributed by atoms with Gasteiger partial charge < -0.3 is 10.2 Å². The third-order valence-corrected chi connectivity index (χ3v) is 13.9. The molecule has 37 heavy (non-hydrogen) atoms. The number of halogens is 1. The van der Waals surface area contributed by atoms with Crippen molar-refractivity contribution in [1.29, 1.82) is 5.26 Å². The largest absolute Gasteiger partial charge is 0.511 e. The quantitative estimate of drug-likeness (QED) is 0.361. The first kappa shape index (κ1) is 27.5. The lowest BCUT2D eigenvalue weighted by Crippen LogP contribution is -2.69. The average molecular weight is 530 g/mol. The van der Waals surface area contributed by atoms with Crippen molar-refractivity contribution >= 4 is 17.4 Å². The molecule has 0 spiro atoms. The minimum atomic E-state index is -0.572. The molecule has 5 heteroatoms. The van der Waals surface area contributed by atoms with Gasteiger partial charge in [0.05, 0.1) is 17.7 Å². The average Bonchev–Trinajstić information content (AvgIpc) is 2.82. The second-order valence-corrected chi connectivity index (χ2v) is 16.2. The van der Waals surface area contributed by atoms with E-state index in [1.54, 1.807) is 0 Å². The number of aliphatic hydroxyl groups is 2. The molecule has 4 nitrogen and oxygen atoms in total. The van der Waals surface area contributed by atoms with Gasteiger partial charge in [-0.3, -0.25) is 4.79 Å². The summed E-state index contributed by atoms with van der Waals surface area (Å²) in [4.78, 5) is 14.5. The van der Waals surface area contributed by atoms with Crippen LogP contribution in [0.1, 0.15) is 106 Å². The lowest BCUT2D eigenvalue weighted by atomic mass is 9.31. The monoisotopic (exact) mass is 529 g/mol. The molecule has 0 aliphatic heterocycles. The van der Waals surface area contributed by atoms with Gasteiger partial charge >= 0.3 is 0 Å². The van der Waals surface area contributed by atoms with Gasteiger partial charge in [0.1, 0.15) is 11.5 Å². The van der Waals surface area contributed by atoms with E-state index in [-0.39, 0.29) is 62.4 Å². The number of hydrogen-bond donors (Lipinski definition) is 2. The van der Waals surface area contributed by atoms with Crippen LogP contribution < -0.4 is 0 Å². The Kier molecular flexibility index (Phi) is 6.12. The summed E-state index contributed by atoms with van der Waals surface area (Å²) in [5.41, 5.74) is -0.495. The van der Waals surface area contributed by atoms with Crippen LogP contribution in [0.4, 0.5) is 0 Å². The van der Waals surface area contributed by atoms with E-state index >= 15 is 0 Å². The Morgan fingerprint density at radius 3 is 2.27 bits per heavy atom. The molecule has 4 fully saturated rings. The number of carbonyl (C=O) groups excluding carboxylic acids is 1. The Morgan fingerprint density at radius 1 is 1.00 bits per heavy atom. The zero-order chi connectivity index (χ0) is 27.4. The van der Waals surface area contributed by atoms with Gasteiger partial charge in [-0.1, -0.05) is 48.5 Å². The molecule has 5 aliphatic rings. The molecule has 0 heterocycles. The number of Topliss-reactive ketones (excluding diaryl/α,β-unsaturated/α-hetero) is 1. The fourth-order valence-corrected chi connectivity index (χ4v) is 11.7. The standard InChI is InChI=1S/C32H48ClNO3/c1-27(2)10-12-32(24(36)17-33)13-11-31(7)25(20(32)16-27)21(35)14-23-29(5)15-19(18-34)26(37)28(3,4)22(29)8-9-30(23,31)6/h20,22-25,36-37H,8-17H2,1-7H3/t20?,22-,23+,24+,25?,29-,30+,31+,32-/m0/s1. The Balaban J connectivity index is 1.62. The van der Waals surface area contributed by atoms with Crippen molar-refractivity contribution in [3.8, 4) is 6.07 Å². The van der Waals surface area contributed by atoms with Crippen LogP contribution in [0.15, 0.2) is 11.3 Å². The van der Waals surface area contributed by atoms with Crippen LogP contribution in [-0.2, 0) is 4.79 Å². The maximum absolute atomic E-state index is 14.5. The van der Waals surface area contributed by atoms with Gasteiger partial charge in [-0.15, -0.1) is 11.6 Å². The number of nitrogens with zero attached hydrogens (tertiary/aromatic N) is 1. The first-order chi connectivity index (χ1) is 17.0. The predicted molar refractivity (Wildman–Crippen MR) is 147 cm³/mol. The maximum atomic E-state index is 14.5. The van der Waals surface area contributed by atoms with Gasteiger partial charge in [-0.25, -0.2) is 0 Å². The number of alkyl halides is 1. The molecule has 9 atom stereocenters. The Bertz CT molecular complexity index is 1070.